The summed E-state index contributed by atoms with van der Waals surface area (Å²) in [6.07, 6.45) is 7.79. The van der Waals surface area contributed by atoms with E-state index in [2.05, 4.69) is 73.6 Å². The Morgan fingerprint density at radius 1 is 0.787 bits per heavy atom. The molecule has 4 N–H and O–H groups in total. The minimum Gasteiger partial charge on any atom is -0.494 e. The van der Waals surface area contributed by atoms with Crippen molar-refractivity contribution in [2.75, 3.05) is 110 Å². The summed E-state index contributed by atoms with van der Waals surface area (Å²) in [4.78, 5) is 52.6. The van der Waals surface area contributed by atoms with E-state index in [0.29, 0.717) is 55.5 Å². The molecule has 3 aromatic heterocycles. The predicted molar refractivity (Wildman–Crippen MR) is 303 cm³/mol. The number of hydrogen-bond acceptors (Lipinski definition) is 14. The molecular formula is C58H74N10O6S. The maximum absolute atomic E-state index is 13.0. The highest BCUT2D eigenvalue weighted by Gasteiger charge is 2.25. The molecule has 0 unspecified atom stereocenters. The summed E-state index contributed by atoms with van der Waals surface area (Å²) in [5.41, 5.74) is 15.2. The molecule has 17 heteroatoms. The van der Waals surface area contributed by atoms with Crippen molar-refractivity contribution in [2.45, 2.75) is 57.4 Å². The molecule has 0 saturated carbocycles. The lowest BCUT2D eigenvalue weighted by Gasteiger charge is -2.34. The number of ether oxygens (including phenoxy) is 4. The first-order chi connectivity index (χ1) is 36.6. The molecule has 4 aromatic carbocycles. The number of fused-ring (bicyclic) bond motifs is 2. The van der Waals surface area contributed by atoms with Crippen molar-refractivity contribution >= 4 is 57.4 Å². The van der Waals surface area contributed by atoms with Crippen molar-refractivity contribution in [3.8, 4) is 40.0 Å². The Hall–Kier alpha value is -6.92. The van der Waals surface area contributed by atoms with Gasteiger partial charge >= 0.3 is 0 Å². The number of H-pyrrole nitrogens is 2. The van der Waals surface area contributed by atoms with E-state index in [1.807, 2.05) is 69.4 Å². The fourth-order valence-corrected chi connectivity index (χ4v) is 9.36. The minimum absolute atomic E-state index is 0.116. The van der Waals surface area contributed by atoms with Gasteiger partial charge in [0.1, 0.15) is 23.7 Å². The standard InChI is InChI=1S/C43H48N8O4.C9H11NOS.C4H9NO.C2H6/c1-28-15-16-51(27-28)43(52)33-25-39(53-3)40(26-34(33)44)55-22-6-4-5-21-54-32-11-7-29(8-12-32)41-45-35-13-9-30(23-37(35)47-41)42-46-36-14-10-31(24-38(36)48-42)50-19-17-49(2)18-20-50;11-7-3-4-8-12-9-5-1-2-6-10-9;1-5-2-3-6-4-5;1-2/h7-14,23-26H,1,4-6,15-22,27,44H2,2-3H3,(H,45,47)(H,46,48);1-2,5-7H,3-4,8H2;2-4H2,1H3;1-2H3. The molecule has 3 aliphatic heterocycles. The van der Waals surface area contributed by atoms with Gasteiger partial charge in [-0.15, -0.1) is 11.8 Å². The Morgan fingerprint density at radius 2 is 1.49 bits per heavy atom. The number of imidazole rings is 2. The zero-order valence-corrected chi connectivity index (χ0v) is 45.1. The predicted octanol–water partition coefficient (Wildman–Crippen LogP) is 10.2. The summed E-state index contributed by atoms with van der Waals surface area (Å²) in [5.74, 6) is 4.33. The second-order valence-corrected chi connectivity index (χ2v) is 19.6. The van der Waals surface area contributed by atoms with Crippen LogP contribution in [0.4, 0.5) is 11.4 Å². The maximum Gasteiger partial charge on any atom is 0.256 e. The smallest absolute Gasteiger partial charge is 0.256 e. The zero-order chi connectivity index (χ0) is 52.9. The average Bonchev–Trinajstić information content (AvgIpc) is 4.29. The normalized spacial score (nSPS) is 14.7. The van der Waals surface area contributed by atoms with Crippen LogP contribution in [-0.4, -0.2) is 151 Å². The second kappa shape index (κ2) is 28.7. The molecule has 3 fully saturated rings. The Bertz CT molecular complexity index is 2900. The summed E-state index contributed by atoms with van der Waals surface area (Å²) in [5, 5.41) is 1.03. The molecule has 7 aromatic rings. The van der Waals surface area contributed by atoms with Gasteiger partial charge in [-0.3, -0.25) is 9.69 Å². The van der Waals surface area contributed by atoms with Gasteiger partial charge in [0, 0.05) is 87.0 Å². The van der Waals surface area contributed by atoms with Crippen LogP contribution >= 0.6 is 11.8 Å². The molecule has 0 spiro atoms. The molecule has 3 aliphatic rings. The summed E-state index contributed by atoms with van der Waals surface area (Å²) >= 11 is 1.69. The molecule has 1 amide bonds. The number of unbranched alkanes of at least 4 members (excludes halogenated alkanes) is 3. The van der Waals surface area contributed by atoms with Crippen LogP contribution in [0.5, 0.6) is 17.2 Å². The number of pyridine rings is 1. The fourth-order valence-electron chi connectivity index (χ4n) is 8.53. The molecule has 6 heterocycles. The van der Waals surface area contributed by atoms with Crippen LogP contribution in [0.15, 0.2) is 114 Å². The molecule has 0 aliphatic carbocycles. The van der Waals surface area contributed by atoms with Gasteiger partial charge in [0.05, 0.1) is 66.3 Å². The van der Waals surface area contributed by atoms with Crippen molar-refractivity contribution in [1.29, 1.82) is 0 Å². The van der Waals surface area contributed by atoms with Crippen molar-refractivity contribution in [1.82, 2.24) is 39.6 Å². The monoisotopic (exact) mass is 1040 g/mol. The van der Waals surface area contributed by atoms with E-state index in [1.165, 1.54) is 5.69 Å². The molecule has 0 atom stereocenters. The van der Waals surface area contributed by atoms with Crippen molar-refractivity contribution in [3.63, 3.8) is 0 Å². The number of hydrogen-bond donors (Lipinski definition) is 3. The van der Waals surface area contributed by atoms with Crippen LogP contribution < -0.4 is 24.8 Å². The van der Waals surface area contributed by atoms with Gasteiger partial charge in [0.2, 0.25) is 0 Å². The van der Waals surface area contributed by atoms with Crippen molar-refractivity contribution in [3.05, 3.63) is 115 Å². The third kappa shape index (κ3) is 16.0. The summed E-state index contributed by atoms with van der Waals surface area (Å²) in [6, 6.07) is 29.9. The molecule has 3 saturated heterocycles. The number of amides is 1. The molecule has 0 bridgehead atoms. The van der Waals surface area contributed by atoms with E-state index in [0.717, 1.165) is 151 Å². The topological polar surface area (TPSA) is 180 Å². The highest BCUT2D eigenvalue weighted by molar-refractivity contribution is 7.99. The number of anilines is 2. The first-order valence-corrected chi connectivity index (χ1v) is 27.1. The quantitative estimate of drug-likeness (QED) is 0.0243. The van der Waals surface area contributed by atoms with E-state index in [4.69, 9.17) is 34.6 Å². The number of carbonyl (C=O) groups excluding carboxylic acids is 2. The Balaban J connectivity index is 0.000000343. The molecular weight excluding hydrogens is 965 g/mol. The number of nitrogen functional groups attached to an aromatic ring is 1. The molecule has 10 rings (SSSR count). The van der Waals surface area contributed by atoms with E-state index < -0.39 is 0 Å². The lowest BCUT2D eigenvalue weighted by molar-refractivity contribution is -0.107. The van der Waals surface area contributed by atoms with E-state index in [1.54, 1.807) is 42.1 Å². The Labute approximate surface area is 446 Å². The summed E-state index contributed by atoms with van der Waals surface area (Å²) < 4.78 is 22.5. The van der Waals surface area contributed by atoms with Crippen LogP contribution in [0.1, 0.15) is 62.7 Å². The first-order valence-electron chi connectivity index (χ1n) is 26.1. The number of aromatic amines is 2. The molecule has 0 radical (unpaired) electrons. The Kier molecular flexibility index (Phi) is 21.3. The number of thioether (sulfide) groups is 1. The number of aromatic nitrogens is 5. The van der Waals surface area contributed by atoms with E-state index in [9.17, 15) is 9.59 Å². The minimum atomic E-state index is -0.116. The number of likely N-dealkylation sites (tertiary alicyclic amines) is 1. The summed E-state index contributed by atoms with van der Waals surface area (Å²) in [6.45, 7) is 17.3. The average molecular weight is 1040 g/mol. The number of likely N-dealkylation sites (N-methyl/N-ethyl adjacent to an activating group) is 2. The first kappa shape index (κ1) is 55.8. The maximum atomic E-state index is 13.0. The van der Waals surface area contributed by atoms with Crippen LogP contribution in [0, 0.1) is 0 Å². The van der Waals surface area contributed by atoms with Crippen LogP contribution in [0.2, 0.25) is 0 Å². The van der Waals surface area contributed by atoms with Crippen molar-refractivity contribution < 1.29 is 28.5 Å². The van der Waals surface area contributed by atoms with E-state index >= 15 is 0 Å². The highest BCUT2D eigenvalue weighted by atomic mass is 32.2. The number of aldehydes is 1. The van der Waals surface area contributed by atoms with E-state index in [-0.39, 0.29) is 5.91 Å². The number of piperazine rings is 1. The number of methoxy groups -OCH3 is 1. The molecule has 75 heavy (non-hydrogen) atoms. The van der Waals surface area contributed by atoms with Gasteiger partial charge in [-0.1, -0.05) is 32.1 Å². The third-order valence-corrected chi connectivity index (χ3v) is 13.8. The van der Waals surface area contributed by atoms with Gasteiger partial charge in [-0.25, -0.2) is 15.0 Å². The van der Waals surface area contributed by atoms with Gasteiger partial charge in [-0.2, -0.15) is 0 Å². The number of rotatable bonds is 18. The molecule has 398 valence electrons. The lowest BCUT2D eigenvalue weighted by Crippen LogP contribution is -2.44. The van der Waals surface area contributed by atoms with Crippen LogP contribution in [0.25, 0.3) is 44.8 Å². The SMILES string of the molecule is C=C1CCN(C(=O)c2cc(OC)c(OCCCCCOc3ccc(-c4nc5ccc(-c6nc7ccc(N8CCN(C)CC8)cc7[nH]6)cc5[nH]4)cc3)cc2N)C1.CC.CN1CCOC1.O=CCCCSc1ccccn1. The number of nitrogens with two attached hydrogens (primary N) is 1. The summed E-state index contributed by atoms with van der Waals surface area (Å²) in [7, 11) is 5.79. The van der Waals surface area contributed by atoms with Crippen LogP contribution in [-0.2, 0) is 9.53 Å². The zero-order valence-electron chi connectivity index (χ0n) is 44.3. The largest absolute Gasteiger partial charge is 0.494 e. The third-order valence-electron chi connectivity index (χ3n) is 12.8. The number of nitrogens with one attached hydrogen (secondary N) is 2. The van der Waals surface area contributed by atoms with Crippen LogP contribution in [0.3, 0.4) is 0 Å². The van der Waals surface area contributed by atoms with Gasteiger partial charge < -0.3 is 54.1 Å². The van der Waals surface area contributed by atoms with Crippen molar-refractivity contribution in [2.24, 2.45) is 0 Å². The van der Waals surface area contributed by atoms with Gasteiger partial charge in [-0.05, 0) is 131 Å². The van der Waals surface area contributed by atoms with Gasteiger partial charge in [0.15, 0.2) is 11.5 Å². The number of nitrogens with zero attached hydrogens (tertiary/aromatic N) is 7. The lowest BCUT2D eigenvalue weighted by atomic mass is 10.1. The number of benzene rings is 4. The Morgan fingerprint density at radius 3 is 2.13 bits per heavy atom. The fraction of sp³-hybridized carbons (Fsp3) is 0.397. The number of carbonyl (C=O) groups is 2. The second-order valence-electron chi connectivity index (χ2n) is 18.4. The van der Waals surface area contributed by atoms with Gasteiger partial charge in [0.25, 0.3) is 5.91 Å². The molecule has 16 nitrogen and oxygen atoms in total. The highest BCUT2D eigenvalue weighted by Crippen LogP contribution is 2.34.